The van der Waals surface area contributed by atoms with Crippen LogP contribution in [0.5, 0.6) is 0 Å². The Hall–Kier alpha value is -3.18. The highest BCUT2D eigenvalue weighted by atomic mass is 35.5. The van der Waals surface area contributed by atoms with E-state index in [1.54, 1.807) is 23.1 Å². The first-order valence-electron chi connectivity index (χ1n) is 12.0. The zero-order valence-electron chi connectivity index (χ0n) is 20.2. The van der Waals surface area contributed by atoms with Gasteiger partial charge in [0.05, 0.1) is 0 Å². The third-order valence-electron chi connectivity index (χ3n) is 6.10. The van der Waals surface area contributed by atoms with Crippen LogP contribution in [0.2, 0.25) is 5.02 Å². The molecule has 2 amide bonds. The molecule has 0 unspecified atom stereocenters. The van der Waals surface area contributed by atoms with Gasteiger partial charge in [0.25, 0.3) is 0 Å². The summed E-state index contributed by atoms with van der Waals surface area (Å²) in [5.41, 5.74) is 2.60. The number of halogens is 2. The van der Waals surface area contributed by atoms with Crippen LogP contribution in [0, 0.1) is 5.82 Å². The van der Waals surface area contributed by atoms with Crippen LogP contribution in [-0.4, -0.2) is 28.8 Å². The molecule has 3 rings (SSSR count). The molecule has 35 heavy (non-hydrogen) atoms. The van der Waals surface area contributed by atoms with E-state index in [-0.39, 0.29) is 36.6 Å². The van der Waals surface area contributed by atoms with Crippen molar-refractivity contribution in [1.82, 2.24) is 10.2 Å². The van der Waals surface area contributed by atoms with E-state index in [9.17, 15) is 14.0 Å². The van der Waals surface area contributed by atoms with E-state index in [0.717, 1.165) is 23.1 Å². The fourth-order valence-corrected chi connectivity index (χ4v) is 4.10. The van der Waals surface area contributed by atoms with Crippen LogP contribution in [0.3, 0.4) is 0 Å². The van der Waals surface area contributed by atoms with Gasteiger partial charge < -0.3 is 10.2 Å². The van der Waals surface area contributed by atoms with Crippen LogP contribution in [0.4, 0.5) is 4.39 Å². The molecule has 0 bridgehead atoms. The van der Waals surface area contributed by atoms with Crippen LogP contribution >= 0.6 is 11.6 Å². The van der Waals surface area contributed by atoms with E-state index in [4.69, 9.17) is 11.6 Å². The van der Waals surface area contributed by atoms with Gasteiger partial charge in [-0.15, -0.1) is 0 Å². The first-order valence-corrected chi connectivity index (χ1v) is 12.4. The number of amides is 2. The minimum Gasteiger partial charge on any atom is -0.352 e. The lowest BCUT2D eigenvalue weighted by Gasteiger charge is -2.32. The van der Waals surface area contributed by atoms with Gasteiger partial charge in [-0.1, -0.05) is 79.2 Å². The van der Waals surface area contributed by atoms with E-state index in [0.29, 0.717) is 17.9 Å². The summed E-state index contributed by atoms with van der Waals surface area (Å²) < 4.78 is 13.5. The maximum absolute atomic E-state index is 13.6. The van der Waals surface area contributed by atoms with Gasteiger partial charge in [0.2, 0.25) is 11.8 Å². The molecular weight excluding hydrogens is 463 g/mol. The highest BCUT2D eigenvalue weighted by molar-refractivity contribution is 6.31. The van der Waals surface area contributed by atoms with Crippen molar-refractivity contribution < 1.29 is 14.0 Å². The molecule has 0 saturated carbocycles. The highest BCUT2D eigenvalue weighted by Gasteiger charge is 2.30. The average molecular weight is 495 g/mol. The maximum atomic E-state index is 13.6. The molecule has 0 aromatic heterocycles. The number of carbonyl (C=O) groups is 2. The zero-order valence-corrected chi connectivity index (χ0v) is 21.0. The number of rotatable bonds is 11. The van der Waals surface area contributed by atoms with Crippen molar-refractivity contribution in [3.8, 4) is 0 Å². The number of nitrogens with zero attached hydrogens (tertiary/aromatic N) is 1. The summed E-state index contributed by atoms with van der Waals surface area (Å²) in [6.45, 7) is 4.15. The quantitative estimate of drug-likeness (QED) is 0.357. The number of hydrogen-bond donors (Lipinski definition) is 1. The molecule has 0 fully saturated rings. The van der Waals surface area contributed by atoms with E-state index in [1.165, 1.54) is 12.1 Å². The highest BCUT2D eigenvalue weighted by Crippen LogP contribution is 2.20. The molecule has 1 N–H and O–H groups in total. The zero-order chi connectivity index (χ0) is 25.2. The van der Waals surface area contributed by atoms with Crippen molar-refractivity contribution in [3.63, 3.8) is 0 Å². The van der Waals surface area contributed by atoms with Gasteiger partial charge in [-0.25, -0.2) is 4.39 Å². The molecule has 2 atom stereocenters. The van der Waals surface area contributed by atoms with E-state index in [1.807, 2.05) is 62.4 Å². The Morgan fingerprint density at radius 1 is 0.943 bits per heavy atom. The summed E-state index contributed by atoms with van der Waals surface area (Å²) in [5, 5.41) is 3.66. The number of aryl methyl sites for hydroxylation is 1. The van der Waals surface area contributed by atoms with Crippen LogP contribution in [-0.2, 0) is 29.0 Å². The molecular formula is C29H32ClFN2O2. The Morgan fingerprint density at radius 2 is 1.60 bits per heavy atom. The lowest BCUT2D eigenvalue weighted by atomic mass is 10.0. The summed E-state index contributed by atoms with van der Waals surface area (Å²) in [5.74, 6) is -0.702. The molecule has 4 nitrogen and oxygen atoms in total. The van der Waals surface area contributed by atoms with Crippen LogP contribution < -0.4 is 5.32 Å². The Bertz CT molecular complexity index is 1110. The molecule has 0 aliphatic heterocycles. The third kappa shape index (κ3) is 7.93. The maximum Gasteiger partial charge on any atom is 0.243 e. The molecule has 0 heterocycles. The van der Waals surface area contributed by atoms with Crippen molar-refractivity contribution in [1.29, 1.82) is 0 Å². The monoisotopic (exact) mass is 494 g/mol. The molecule has 0 saturated heterocycles. The fourth-order valence-electron chi connectivity index (χ4n) is 3.87. The molecule has 184 valence electrons. The van der Waals surface area contributed by atoms with Gasteiger partial charge in [-0.3, -0.25) is 9.59 Å². The van der Waals surface area contributed by atoms with Gasteiger partial charge in [0, 0.05) is 30.5 Å². The second kappa shape index (κ2) is 13.1. The lowest BCUT2D eigenvalue weighted by molar-refractivity contribution is -0.141. The van der Waals surface area contributed by atoms with E-state index >= 15 is 0 Å². The molecule has 3 aromatic carbocycles. The Labute approximate surface area is 212 Å². The largest absolute Gasteiger partial charge is 0.352 e. The molecule has 0 aliphatic carbocycles. The van der Waals surface area contributed by atoms with Crippen LogP contribution in [0.25, 0.3) is 0 Å². The smallest absolute Gasteiger partial charge is 0.243 e. The summed E-state index contributed by atoms with van der Waals surface area (Å²) in [6, 6.07) is 22.4. The Morgan fingerprint density at radius 3 is 2.26 bits per heavy atom. The van der Waals surface area contributed by atoms with Crippen molar-refractivity contribution in [2.45, 2.75) is 58.2 Å². The minimum atomic E-state index is -0.713. The van der Waals surface area contributed by atoms with Crippen molar-refractivity contribution in [3.05, 3.63) is 106 Å². The lowest BCUT2D eigenvalue weighted by Crippen LogP contribution is -2.52. The molecule has 6 heteroatoms. The second-order valence-electron chi connectivity index (χ2n) is 8.76. The SMILES string of the molecule is CC[C@@H](C)NC(=O)[C@@H](Cc1ccccc1)N(Cc1ccc(F)cc1)C(=O)CCc1ccccc1Cl. The first kappa shape index (κ1) is 26.4. The topological polar surface area (TPSA) is 49.4 Å². The standard InChI is InChI=1S/C29H32ClFN2O2/c1-3-21(2)32-29(35)27(19-22-9-5-4-6-10-22)33(20-23-13-16-25(31)17-14-23)28(34)18-15-24-11-7-8-12-26(24)30/h4-14,16-17,21,27H,3,15,18-20H2,1-2H3,(H,32,35)/t21-,27-/m1/s1. The number of carbonyl (C=O) groups excluding carboxylic acids is 2. The van der Waals surface area contributed by atoms with Crippen LogP contribution in [0.15, 0.2) is 78.9 Å². The Kier molecular flexibility index (Phi) is 9.86. The predicted octanol–water partition coefficient (Wildman–Crippen LogP) is 5.97. The molecule has 3 aromatic rings. The van der Waals surface area contributed by atoms with Gasteiger partial charge in [0.15, 0.2) is 0 Å². The molecule has 0 aliphatic rings. The Balaban J connectivity index is 1.91. The fraction of sp³-hybridized carbons (Fsp3) is 0.310. The number of nitrogens with one attached hydrogen (secondary N) is 1. The van der Waals surface area contributed by atoms with Crippen molar-refractivity contribution in [2.24, 2.45) is 0 Å². The predicted molar refractivity (Wildman–Crippen MR) is 139 cm³/mol. The molecule has 0 spiro atoms. The summed E-state index contributed by atoms with van der Waals surface area (Å²) >= 11 is 6.30. The van der Waals surface area contributed by atoms with Gasteiger partial charge in [-0.05, 0) is 54.7 Å². The molecule has 0 radical (unpaired) electrons. The second-order valence-corrected chi connectivity index (χ2v) is 9.17. The first-order chi connectivity index (χ1) is 16.9. The number of benzene rings is 3. The summed E-state index contributed by atoms with van der Waals surface area (Å²) in [6.07, 6.45) is 1.82. The summed E-state index contributed by atoms with van der Waals surface area (Å²) in [7, 11) is 0. The van der Waals surface area contributed by atoms with Crippen molar-refractivity contribution >= 4 is 23.4 Å². The minimum absolute atomic E-state index is 0.0216. The van der Waals surface area contributed by atoms with E-state index < -0.39 is 6.04 Å². The van der Waals surface area contributed by atoms with Crippen molar-refractivity contribution in [2.75, 3.05) is 0 Å². The van der Waals surface area contributed by atoms with Crippen LogP contribution in [0.1, 0.15) is 43.4 Å². The van der Waals surface area contributed by atoms with Gasteiger partial charge in [0.1, 0.15) is 11.9 Å². The normalized spacial score (nSPS) is 12.6. The van der Waals surface area contributed by atoms with Gasteiger partial charge >= 0.3 is 0 Å². The average Bonchev–Trinajstić information content (AvgIpc) is 2.87. The summed E-state index contributed by atoms with van der Waals surface area (Å²) in [4.78, 5) is 28.7. The van der Waals surface area contributed by atoms with E-state index in [2.05, 4.69) is 5.32 Å². The third-order valence-corrected chi connectivity index (χ3v) is 6.47. The van der Waals surface area contributed by atoms with Gasteiger partial charge in [-0.2, -0.15) is 0 Å². The number of hydrogen-bond acceptors (Lipinski definition) is 2.